The Morgan fingerprint density at radius 2 is 0.730 bits per heavy atom. The predicted molar refractivity (Wildman–Crippen MR) is 523 cm³/mol. The number of nitrogens with zero attached hydrogens (tertiary/aromatic N) is 6. The minimum absolute atomic E-state index is 0.00830. The number of hydrogen-bond acceptors (Lipinski definition) is 14. The van der Waals surface area contributed by atoms with Crippen LogP contribution in [0.4, 0.5) is 17.6 Å². The zero-order valence-corrected chi connectivity index (χ0v) is 87.8. The number of hydrogen-bond donors (Lipinski definition) is 0. The molecule has 0 saturated carbocycles. The number of unbranched alkanes of at least 4 members (excludes halogenated alkanes) is 40. The van der Waals surface area contributed by atoms with Gasteiger partial charge in [-0.3, -0.25) is 4.79 Å². The van der Waals surface area contributed by atoms with Crippen molar-refractivity contribution in [2.45, 2.75) is 382 Å². The van der Waals surface area contributed by atoms with Gasteiger partial charge in [0.1, 0.15) is 22.1 Å². The zero-order valence-electron chi connectivity index (χ0n) is 75.7. The maximum atomic E-state index is 16.1. The molecule has 122 heavy (non-hydrogen) atoms. The Labute approximate surface area is 773 Å². The molecule has 0 aliphatic heterocycles. The van der Waals surface area contributed by atoms with Gasteiger partial charge in [-0.1, -0.05) is 259 Å². The van der Waals surface area contributed by atoms with Crippen molar-refractivity contribution in [2.75, 3.05) is 13.2 Å². The van der Waals surface area contributed by atoms with E-state index in [0.29, 0.717) is 84.6 Å². The van der Waals surface area contributed by atoms with Crippen LogP contribution in [0.2, 0.25) is 19.3 Å². The minimum atomic E-state index is -2.40. The number of carbonyl (C=O) groups is 4. The number of carbonyl (C=O) groups excluding carboxylic acids is 4. The summed E-state index contributed by atoms with van der Waals surface area (Å²) in [6.07, 6.45) is 54.7. The number of halogens is 6. The molecule has 0 amide bonds. The molecule has 0 aliphatic carbocycles. The average Bonchev–Trinajstić information content (AvgIpc) is 1.57. The number of ether oxygens (including phenoxy) is 2. The van der Waals surface area contributed by atoms with E-state index in [9.17, 15) is 28.0 Å². The number of esters is 2. The van der Waals surface area contributed by atoms with Gasteiger partial charge in [0.25, 0.3) is 0 Å². The zero-order chi connectivity index (χ0) is 88.1. The monoisotopic (exact) mass is 2100 g/mol. The van der Waals surface area contributed by atoms with E-state index in [1.54, 1.807) is 40.5 Å². The van der Waals surface area contributed by atoms with E-state index in [2.05, 4.69) is 109 Å². The van der Waals surface area contributed by atoms with Gasteiger partial charge < -0.3 is 4.74 Å². The molecule has 672 valence electrons. The molecule has 0 N–H and O–H groups in total. The normalized spacial score (nSPS) is 11.9. The number of benzene rings is 4. The van der Waals surface area contributed by atoms with Crippen LogP contribution in [0.3, 0.4) is 0 Å². The first-order valence-corrected chi connectivity index (χ1v) is 65.7. The fourth-order valence-corrected chi connectivity index (χ4v) is 30.0. The van der Waals surface area contributed by atoms with Crippen molar-refractivity contribution < 1.29 is 46.2 Å². The fraction of sp³-hybridized carbons (Fsp3) is 0.633. The number of Topliss-reactive ketones (excluding diaryl/α,β-unsaturated/α-hetero) is 2. The third-order valence-corrected chi connectivity index (χ3v) is 42.6. The number of rotatable bonds is 57. The summed E-state index contributed by atoms with van der Waals surface area (Å²) in [4.78, 5) is 66.8. The second-order valence-electron chi connectivity index (χ2n) is 34.7. The van der Waals surface area contributed by atoms with Gasteiger partial charge in [-0.15, -0.1) is 22.7 Å². The van der Waals surface area contributed by atoms with Crippen LogP contribution in [0.5, 0.6) is 0 Å². The van der Waals surface area contributed by atoms with Gasteiger partial charge in [-0.25, -0.2) is 22.4 Å². The van der Waals surface area contributed by atoms with Crippen LogP contribution in [0.1, 0.15) is 388 Å². The van der Waals surface area contributed by atoms with Gasteiger partial charge in [-0.2, -0.15) is 30.0 Å². The number of aryl methyl sites for hydroxylation is 4. The van der Waals surface area contributed by atoms with Crippen molar-refractivity contribution in [3.8, 4) is 10.4 Å². The van der Waals surface area contributed by atoms with Crippen LogP contribution in [-0.2, 0) is 27.0 Å². The van der Waals surface area contributed by atoms with Crippen molar-refractivity contribution in [1.29, 1.82) is 0 Å². The molecule has 0 aliphatic rings. The van der Waals surface area contributed by atoms with Crippen molar-refractivity contribution in [2.24, 2.45) is 0 Å². The Balaban J connectivity index is 0.000000245. The molecule has 12 nitrogen and oxygen atoms in total. The third-order valence-electron chi connectivity index (χ3n) is 23.3. The first kappa shape index (κ1) is 103. The van der Waals surface area contributed by atoms with Crippen LogP contribution in [0, 0.1) is 37.1 Å². The quantitative estimate of drug-likeness (QED) is 0.00686. The Hall–Kier alpha value is -3.92. The molecular formula is C98H140Br2F4N6O6S4Sn2. The van der Waals surface area contributed by atoms with E-state index in [0.717, 1.165) is 99.3 Å². The molecule has 0 spiro atoms. The van der Waals surface area contributed by atoms with Crippen molar-refractivity contribution >= 4 is 206 Å². The summed E-state index contributed by atoms with van der Waals surface area (Å²) in [7, 11) is 0. The predicted octanol–water partition coefficient (Wildman–Crippen LogP) is 32.9. The molecule has 6 aromatic heterocycles. The second kappa shape index (κ2) is 55.2. The standard InChI is InChI=1S/C47H65F2N3O3S2.C26H32O3S2.C20H29Br2F2N3.C2H5.3CH3.2Sn/c1-6-8-10-12-14-16-18-19-20-22-24-26-28-52-50-43-33(4)41(48)42(49)40(44(43)51-52)37-31-36-38(34(5)53)45-35(30-32(3)56-45)39(46(36)57-37)47(54)55-29-27-25-23-21-17-15-13-11-9-7-2;1-4-5-6-7-8-9-10-11-12-13-15-29-26(28)23-21-17-18(2)31-25(21)22(19(3)27)20-14-16-30-24(20)23;1-2-3-4-5-6-7-8-9-10-11-12-13-14-27-25-19-15(21)17(23)18(24)16(22)20(19)26-27;1-2;;;;;/h30-31H,6-29H2,1-5H3;14,17H,2,4-13,15H2,1,3H3;2-14H2,1H3;1H2,2H3;3*1H3;;. The maximum absolute atomic E-state index is 16.1. The topological polar surface area (TPSA) is 148 Å². The van der Waals surface area contributed by atoms with Crippen LogP contribution >= 0.6 is 77.2 Å². The second-order valence-corrected chi connectivity index (χ2v) is 60.6. The Kier molecular flexibility index (Phi) is 46.8. The van der Waals surface area contributed by atoms with Gasteiger partial charge in [0, 0.05) is 36.4 Å². The van der Waals surface area contributed by atoms with Crippen molar-refractivity contribution in [3.63, 3.8) is 0 Å². The number of fused-ring (bicyclic) bond motifs is 6. The molecule has 0 saturated heterocycles. The molecule has 2 radical (unpaired) electrons. The summed E-state index contributed by atoms with van der Waals surface area (Å²) in [5.74, 6) is -4.57. The van der Waals surface area contributed by atoms with Gasteiger partial charge in [0.15, 0.2) is 29.1 Å². The molecular weight excluding hydrogens is 1960 g/mol. The molecule has 0 fully saturated rings. The Morgan fingerprint density at radius 1 is 0.393 bits per heavy atom. The van der Waals surface area contributed by atoms with Gasteiger partial charge in [-0.05, 0) is 84.0 Å². The van der Waals surface area contributed by atoms with E-state index >= 15 is 8.78 Å². The third kappa shape index (κ3) is 30.6. The SMILES string of the molecule is CCCCCCCCCCCCCCn1nc2c(Br)c(F)c(F)c(Br)c2n1.CCCCCCCCCCCCCCn1nc2c(C)c(F)c(F)c(-c3cc4c(C(C)=O)c5sc(C)cc5c(C(=O)OCCCCCCCCCCCC)c4s3)c2n1.CCCCCCCCCCCCOC(=O)c1c2cc([CH2][Sn][CH2]C)sc2c(C(C)=O)c2c[c]([Sn]([CH3])([CH3])[CH3])sc12. The van der Waals surface area contributed by atoms with E-state index in [-0.39, 0.29) is 43.1 Å². The summed E-state index contributed by atoms with van der Waals surface area (Å²) in [6, 6.07) is 8.10. The summed E-state index contributed by atoms with van der Waals surface area (Å²) in [5, 5.41) is 21.1. The molecule has 0 bridgehead atoms. The molecule has 0 unspecified atom stereocenters. The Bertz CT molecular complexity index is 4900. The van der Waals surface area contributed by atoms with E-state index in [4.69, 9.17) is 14.6 Å². The van der Waals surface area contributed by atoms with Gasteiger partial charge >= 0.3 is 222 Å². The summed E-state index contributed by atoms with van der Waals surface area (Å²) < 4.78 is 78.2. The molecule has 4 aromatic carbocycles. The van der Waals surface area contributed by atoms with Crippen LogP contribution in [0.25, 0.3) is 72.9 Å². The molecule has 6 heterocycles. The van der Waals surface area contributed by atoms with Crippen LogP contribution < -0.4 is 2.89 Å². The van der Waals surface area contributed by atoms with E-state index in [1.807, 2.05) is 13.0 Å². The fourth-order valence-electron chi connectivity index (χ4n) is 16.2. The van der Waals surface area contributed by atoms with Gasteiger partial charge in [0.05, 0.1) is 44.5 Å². The van der Waals surface area contributed by atoms with Crippen LogP contribution in [0.15, 0.2) is 33.2 Å². The van der Waals surface area contributed by atoms with Crippen molar-refractivity contribution in [3.05, 3.63) is 94.1 Å². The first-order valence-electron chi connectivity index (χ1n) is 46.8. The number of aromatic nitrogens is 6. The van der Waals surface area contributed by atoms with Crippen molar-refractivity contribution in [1.82, 2.24) is 30.0 Å². The molecule has 24 heteroatoms. The van der Waals surface area contributed by atoms with E-state index < -0.39 is 68.8 Å². The molecule has 10 rings (SSSR count). The summed E-state index contributed by atoms with van der Waals surface area (Å²) in [6.45, 7) is 19.9. The molecule has 0 atom stereocenters. The number of thiophene rings is 4. The Morgan fingerprint density at radius 3 is 1.12 bits per heavy atom. The molecule has 10 aromatic rings. The van der Waals surface area contributed by atoms with Crippen LogP contribution in [-0.4, -0.2) is 106 Å². The first-order chi connectivity index (χ1) is 58.9. The number of ketones is 2. The summed E-state index contributed by atoms with van der Waals surface area (Å²) >= 11 is 9.41. The van der Waals surface area contributed by atoms with E-state index in [1.165, 1.54) is 272 Å². The average molecular weight is 2100 g/mol. The summed E-state index contributed by atoms with van der Waals surface area (Å²) in [5.41, 5.74) is 3.80. The van der Waals surface area contributed by atoms with Gasteiger partial charge in [0.2, 0.25) is 0 Å².